The summed E-state index contributed by atoms with van der Waals surface area (Å²) in [6.07, 6.45) is 1.83. The van der Waals surface area contributed by atoms with Gasteiger partial charge in [-0.25, -0.2) is 19.6 Å². The van der Waals surface area contributed by atoms with Crippen LogP contribution in [0.4, 0.5) is 21.2 Å². The van der Waals surface area contributed by atoms with Gasteiger partial charge in [-0.05, 0) is 6.92 Å². The van der Waals surface area contributed by atoms with Gasteiger partial charge in [-0.2, -0.15) is 0 Å². The smallest absolute Gasteiger partial charge is 0.407 e. The number of carboxylic acid groups (broad SMARTS) is 1. The van der Waals surface area contributed by atoms with Gasteiger partial charge in [-0.1, -0.05) is 5.16 Å². The maximum atomic E-state index is 11.2. The molecular formula is C15H24N8O4. The minimum absolute atomic E-state index is 0.188. The first-order valence-electron chi connectivity index (χ1n) is 8.53. The van der Waals surface area contributed by atoms with E-state index in [2.05, 4.69) is 25.8 Å². The number of carbonyl (C=O) groups is 2. The third kappa shape index (κ3) is 5.87. The van der Waals surface area contributed by atoms with Gasteiger partial charge in [0.25, 0.3) is 0 Å². The number of anilines is 2. The molecule has 2 heterocycles. The fourth-order valence-corrected chi connectivity index (χ4v) is 2.46. The SMILES string of the molecule is CCNC(=O)NCCO/N=C/c1c(N)ncnc1N1CCN(C(=O)O)CC1. The molecule has 0 unspecified atom stereocenters. The molecule has 2 rings (SSSR count). The number of nitrogens with zero attached hydrogens (tertiary/aromatic N) is 5. The van der Waals surface area contributed by atoms with Gasteiger partial charge in [0.15, 0.2) is 0 Å². The van der Waals surface area contributed by atoms with Crippen LogP contribution < -0.4 is 21.3 Å². The number of aromatic nitrogens is 2. The van der Waals surface area contributed by atoms with Gasteiger partial charge in [-0.15, -0.1) is 0 Å². The average Bonchev–Trinajstić information content (AvgIpc) is 2.65. The maximum absolute atomic E-state index is 11.2. The minimum atomic E-state index is -0.937. The van der Waals surface area contributed by atoms with Crippen LogP contribution in [0.15, 0.2) is 11.5 Å². The fourth-order valence-electron chi connectivity index (χ4n) is 2.46. The van der Waals surface area contributed by atoms with Crippen LogP contribution in [0.25, 0.3) is 0 Å². The van der Waals surface area contributed by atoms with Crippen LogP contribution in [0.2, 0.25) is 0 Å². The highest BCUT2D eigenvalue weighted by molar-refractivity contribution is 5.91. The van der Waals surface area contributed by atoms with Crippen molar-refractivity contribution in [3.8, 4) is 0 Å². The van der Waals surface area contributed by atoms with E-state index in [0.29, 0.717) is 50.6 Å². The monoisotopic (exact) mass is 380 g/mol. The molecule has 0 aliphatic carbocycles. The first-order valence-corrected chi connectivity index (χ1v) is 8.53. The summed E-state index contributed by atoms with van der Waals surface area (Å²) in [5, 5.41) is 18.1. The van der Waals surface area contributed by atoms with Gasteiger partial charge in [0.1, 0.15) is 24.6 Å². The van der Waals surface area contributed by atoms with Crippen molar-refractivity contribution < 1.29 is 19.5 Å². The highest BCUT2D eigenvalue weighted by Gasteiger charge is 2.23. The molecule has 0 radical (unpaired) electrons. The number of oxime groups is 1. The van der Waals surface area contributed by atoms with Crippen LogP contribution in [-0.4, -0.2) is 84.2 Å². The van der Waals surface area contributed by atoms with Crippen molar-refractivity contribution in [2.24, 2.45) is 5.16 Å². The zero-order valence-electron chi connectivity index (χ0n) is 15.1. The van der Waals surface area contributed by atoms with Gasteiger partial charge in [0, 0.05) is 32.7 Å². The summed E-state index contributed by atoms with van der Waals surface area (Å²) in [6.45, 7) is 4.58. The number of nitrogens with one attached hydrogen (secondary N) is 2. The molecule has 3 amide bonds. The van der Waals surface area contributed by atoms with Crippen molar-refractivity contribution in [1.29, 1.82) is 0 Å². The van der Waals surface area contributed by atoms with Crippen LogP contribution in [-0.2, 0) is 4.84 Å². The zero-order chi connectivity index (χ0) is 19.6. The number of hydrogen-bond acceptors (Lipinski definition) is 8. The van der Waals surface area contributed by atoms with Crippen molar-refractivity contribution >= 4 is 30.0 Å². The molecular weight excluding hydrogens is 356 g/mol. The lowest BCUT2D eigenvalue weighted by Gasteiger charge is -2.34. The van der Waals surface area contributed by atoms with Crippen molar-refractivity contribution in [3.05, 3.63) is 11.9 Å². The van der Waals surface area contributed by atoms with Crippen molar-refractivity contribution in [2.75, 3.05) is 56.5 Å². The van der Waals surface area contributed by atoms with Crippen LogP contribution in [0, 0.1) is 0 Å². The predicted octanol–water partition coefficient (Wildman–Crippen LogP) is -0.472. The fraction of sp³-hybridized carbons (Fsp3) is 0.533. The second-order valence-corrected chi connectivity index (χ2v) is 5.61. The number of urea groups is 1. The molecule has 1 aromatic heterocycles. The maximum Gasteiger partial charge on any atom is 0.407 e. The molecule has 0 spiro atoms. The topological polar surface area (TPSA) is 158 Å². The predicted molar refractivity (Wildman–Crippen MR) is 98.9 cm³/mol. The Kier molecular flexibility index (Phi) is 7.40. The quantitative estimate of drug-likeness (QED) is 0.281. The first-order chi connectivity index (χ1) is 13.0. The normalized spacial score (nSPS) is 14.3. The molecule has 1 fully saturated rings. The summed E-state index contributed by atoms with van der Waals surface area (Å²) in [7, 11) is 0. The Morgan fingerprint density at radius 3 is 2.74 bits per heavy atom. The lowest BCUT2D eigenvalue weighted by Crippen LogP contribution is -2.48. The van der Waals surface area contributed by atoms with E-state index < -0.39 is 6.09 Å². The highest BCUT2D eigenvalue weighted by Crippen LogP contribution is 2.21. The van der Waals surface area contributed by atoms with E-state index in [9.17, 15) is 9.59 Å². The number of hydrogen-bond donors (Lipinski definition) is 4. The molecule has 1 saturated heterocycles. The number of nitrogens with two attached hydrogens (primary N) is 1. The summed E-state index contributed by atoms with van der Waals surface area (Å²) < 4.78 is 0. The molecule has 0 bridgehead atoms. The van der Waals surface area contributed by atoms with E-state index in [1.54, 1.807) is 0 Å². The molecule has 1 aliphatic heterocycles. The lowest BCUT2D eigenvalue weighted by atomic mass is 10.2. The molecule has 1 aromatic rings. The van der Waals surface area contributed by atoms with Gasteiger partial charge >= 0.3 is 12.1 Å². The zero-order valence-corrected chi connectivity index (χ0v) is 15.1. The molecule has 0 saturated carbocycles. The average molecular weight is 380 g/mol. The lowest BCUT2D eigenvalue weighted by molar-refractivity contribution is 0.142. The number of rotatable bonds is 7. The molecule has 5 N–H and O–H groups in total. The van der Waals surface area contributed by atoms with E-state index in [-0.39, 0.29) is 18.5 Å². The van der Waals surface area contributed by atoms with Crippen LogP contribution in [0.5, 0.6) is 0 Å². The summed E-state index contributed by atoms with van der Waals surface area (Å²) >= 11 is 0. The minimum Gasteiger partial charge on any atom is -0.465 e. The van der Waals surface area contributed by atoms with Gasteiger partial charge in [0.05, 0.1) is 18.3 Å². The Morgan fingerprint density at radius 1 is 1.33 bits per heavy atom. The third-order valence-corrected chi connectivity index (χ3v) is 3.82. The van der Waals surface area contributed by atoms with Crippen molar-refractivity contribution in [3.63, 3.8) is 0 Å². The van der Waals surface area contributed by atoms with Gasteiger partial charge in [-0.3, -0.25) is 0 Å². The van der Waals surface area contributed by atoms with Crippen LogP contribution in [0.3, 0.4) is 0 Å². The largest absolute Gasteiger partial charge is 0.465 e. The molecule has 12 nitrogen and oxygen atoms in total. The van der Waals surface area contributed by atoms with Crippen LogP contribution in [0.1, 0.15) is 12.5 Å². The van der Waals surface area contributed by atoms with Gasteiger partial charge < -0.3 is 36.1 Å². The van der Waals surface area contributed by atoms with E-state index in [0.717, 1.165) is 0 Å². The van der Waals surface area contributed by atoms with Crippen molar-refractivity contribution in [1.82, 2.24) is 25.5 Å². The van der Waals surface area contributed by atoms with E-state index in [4.69, 9.17) is 15.7 Å². The van der Waals surface area contributed by atoms with Gasteiger partial charge in [0.2, 0.25) is 0 Å². The highest BCUT2D eigenvalue weighted by atomic mass is 16.6. The molecule has 1 aliphatic rings. The molecule has 0 atom stereocenters. The summed E-state index contributed by atoms with van der Waals surface area (Å²) in [5.41, 5.74) is 6.42. The second kappa shape index (κ2) is 9.99. The molecule has 27 heavy (non-hydrogen) atoms. The summed E-state index contributed by atoms with van der Waals surface area (Å²) in [4.78, 5) is 38.9. The van der Waals surface area contributed by atoms with Crippen LogP contribution >= 0.6 is 0 Å². The Balaban J connectivity index is 1.91. The third-order valence-electron chi connectivity index (χ3n) is 3.82. The number of piperazine rings is 1. The van der Waals surface area contributed by atoms with E-state index in [1.807, 2.05) is 11.8 Å². The number of amides is 3. The molecule has 0 aromatic carbocycles. The van der Waals surface area contributed by atoms with Crippen molar-refractivity contribution in [2.45, 2.75) is 6.92 Å². The first kappa shape index (κ1) is 20.0. The second-order valence-electron chi connectivity index (χ2n) is 5.61. The molecule has 12 heteroatoms. The molecule has 148 valence electrons. The summed E-state index contributed by atoms with van der Waals surface area (Å²) in [5.74, 6) is 0.814. The van der Waals surface area contributed by atoms with E-state index >= 15 is 0 Å². The Labute approximate surface area is 156 Å². The number of nitrogen functional groups attached to an aromatic ring is 1. The Bertz CT molecular complexity index is 676. The Hall–Kier alpha value is -3.31. The van der Waals surface area contributed by atoms with E-state index in [1.165, 1.54) is 17.4 Å². The Morgan fingerprint density at radius 2 is 2.07 bits per heavy atom. The standard InChI is InChI=1S/C15H24N8O4/c1-2-17-14(24)18-3-8-27-21-9-11-12(16)19-10-20-13(11)22-4-6-23(7-5-22)15(25)26/h9-10H,2-8H2,1H3,(H,25,26)(H2,16,19,20)(H2,17,18,24)/b21-9+. The number of carbonyl (C=O) groups excluding carboxylic acids is 1. The summed E-state index contributed by atoms with van der Waals surface area (Å²) in [6, 6.07) is -0.270.